The molecule has 4 aromatic rings. The highest BCUT2D eigenvalue weighted by molar-refractivity contribution is 5.80. The third-order valence-electron chi connectivity index (χ3n) is 8.43. The van der Waals surface area contributed by atoms with E-state index in [1.54, 1.807) is 7.11 Å². The first kappa shape index (κ1) is 25.7. The van der Waals surface area contributed by atoms with Crippen molar-refractivity contribution in [2.75, 3.05) is 33.3 Å². The second kappa shape index (κ2) is 11.3. The minimum absolute atomic E-state index is 0.0748. The molecule has 0 radical (unpaired) electrons. The Morgan fingerprint density at radius 3 is 2.62 bits per heavy atom. The lowest BCUT2D eigenvalue weighted by atomic mass is 10.0. The molecule has 6 rings (SSSR count). The highest BCUT2D eigenvalue weighted by atomic mass is 16.5. The summed E-state index contributed by atoms with van der Waals surface area (Å²) in [4.78, 5) is 21.6. The monoisotopic (exact) mass is 527 g/mol. The molecule has 1 saturated carbocycles. The van der Waals surface area contributed by atoms with Gasteiger partial charge in [0.05, 0.1) is 13.2 Å². The normalized spacial score (nSPS) is 18.1. The number of rotatable bonds is 8. The fraction of sp³-hybridized carbons (Fsp3) is 0.467. The number of aromatic amines is 1. The summed E-state index contributed by atoms with van der Waals surface area (Å²) in [6.45, 7) is 6.36. The molecule has 2 fully saturated rings. The van der Waals surface area contributed by atoms with Gasteiger partial charge in [0.25, 0.3) is 5.56 Å². The molecule has 9 nitrogen and oxygen atoms in total. The zero-order chi connectivity index (χ0) is 26.8. The van der Waals surface area contributed by atoms with Crippen molar-refractivity contribution >= 4 is 10.9 Å². The number of nitrogens with zero attached hydrogens (tertiary/aromatic N) is 6. The van der Waals surface area contributed by atoms with Crippen LogP contribution in [-0.2, 0) is 13.0 Å². The summed E-state index contributed by atoms with van der Waals surface area (Å²) in [6, 6.07) is 16.5. The summed E-state index contributed by atoms with van der Waals surface area (Å²) in [6.07, 6.45) is 5.47. The molecule has 204 valence electrons. The van der Waals surface area contributed by atoms with Crippen molar-refractivity contribution in [1.82, 2.24) is 35.0 Å². The third-order valence-corrected chi connectivity index (χ3v) is 8.43. The molecule has 2 aromatic carbocycles. The smallest absolute Gasteiger partial charge is 0.253 e. The molecule has 0 bridgehead atoms. The number of H-pyrrole nitrogens is 1. The maximum Gasteiger partial charge on any atom is 0.253 e. The van der Waals surface area contributed by atoms with Gasteiger partial charge in [-0.15, -0.1) is 5.10 Å². The van der Waals surface area contributed by atoms with Crippen LogP contribution in [0.5, 0.6) is 5.75 Å². The predicted octanol–water partition coefficient (Wildman–Crippen LogP) is 4.11. The summed E-state index contributed by atoms with van der Waals surface area (Å²) in [5, 5.41) is 14.2. The molecular formula is C30H37N7O2. The van der Waals surface area contributed by atoms with Crippen molar-refractivity contribution < 1.29 is 4.74 Å². The SMILES string of the molecule is CCc1ccc2[nH]c(=O)c([C@@H](c3nnnn3C3CCCC3)N3CCN(Cc4ccccc4OC)CC3)cc2c1. The Bertz CT molecular complexity index is 1480. The zero-order valence-electron chi connectivity index (χ0n) is 22.8. The minimum Gasteiger partial charge on any atom is -0.496 e. The van der Waals surface area contributed by atoms with Gasteiger partial charge in [0.2, 0.25) is 0 Å². The van der Waals surface area contributed by atoms with Crippen LogP contribution in [0.25, 0.3) is 10.9 Å². The number of benzene rings is 2. The first-order valence-corrected chi connectivity index (χ1v) is 14.2. The summed E-state index contributed by atoms with van der Waals surface area (Å²) in [7, 11) is 1.72. The fourth-order valence-electron chi connectivity index (χ4n) is 6.24. The van der Waals surface area contributed by atoms with Gasteiger partial charge in [0.1, 0.15) is 11.8 Å². The third kappa shape index (κ3) is 5.21. The number of aromatic nitrogens is 5. The Hall–Kier alpha value is -3.56. The van der Waals surface area contributed by atoms with E-state index in [0.29, 0.717) is 5.56 Å². The van der Waals surface area contributed by atoms with E-state index in [0.717, 1.165) is 74.5 Å². The van der Waals surface area contributed by atoms with Crippen LogP contribution in [0.2, 0.25) is 0 Å². The van der Waals surface area contributed by atoms with Gasteiger partial charge < -0.3 is 9.72 Å². The van der Waals surface area contributed by atoms with E-state index in [1.165, 1.54) is 24.0 Å². The lowest BCUT2D eigenvalue weighted by Gasteiger charge is -2.39. The molecule has 0 amide bonds. The van der Waals surface area contributed by atoms with E-state index >= 15 is 0 Å². The molecule has 0 unspecified atom stereocenters. The van der Waals surface area contributed by atoms with Gasteiger partial charge in [0.15, 0.2) is 5.82 Å². The molecule has 3 heterocycles. The number of para-hydroxylation sites is 1. The average Bonchev–Trinajstić information content (AvgIpc) is 3.67. The van der Waals surface area contributed by atoms with E-state index < -0.39 is 0 Å². The molecule has 2 aliphatic rings. The maximum atomic E-state index is 13.6. The fourth-order valence-corrected chi connectivity index (χ4v) is 6.24. The number of hydrogen-bond acceptors (Lipinski definition) is 7. The van der Waals surface area contributed by atoms with Gasteiger partial charge in [-0.1, -0.05) is 44.0 Å². The highest BCUT2D eigenvalue weighted by Gasteiger charge is 2.34. The van der Waals surface area contributed by atoms with Crippen LogP contribution in [-0.4, -0.2) is 68.3 Å². The first-order chi connectivity index (χ1) is 19.1. The van der Waals surface area contributed by atoms with Gasteiger partial charge in [-0.25, -0.2) is 4.68 Å². The minimum atomic E-state index is -0.313. The van der Waals surface area contributed by atoms with Crippen LogP contribution < -0.4 is 10.3 Å². The number of methoxy groups -OCH3 is 1. The molecule has 1 aliphatic carbocycles. The molecule has 1 aliphatic heterocycles. The number of nitrogens with one attached hydrogen (secondary N) is 1. The summed E-state index contributed by atoms with van der Waals surface area (Å²) >= 11 is 0. The molecule has 1 N–H and O–H groups in total. The van der Waals surface area contributed by atoms with Crippen LogP contribution in [0.3, 0.4) is 0 Å². The van der Waals surface area contributed by atoms with Crippen LogP contribution in [0.1, 0.15) is 67.2 Å². The molecular weight excluding hydrogens is 490 g/mol. The van der Waals surface area contributed by atoms with E-state index in [1.807, 2.05) is 22.9 Å². The quantitative estimate of drug-likeness (QED) is 0.369. The zero-order valence-corrected chi connectivity index (χ0v) is 22.8. The number of ether oxygens (including phenoxy) is 1. The van der Waals surface area contributed by atoms with Crippen molar-refractivity contribution in [3.8, 4) is 5.75 Å². The molecule has 9 heteroatoms. The second-order valence-corrected chi connectivity index (χ2v) is 10.8. The van der Waals surface area contributed by atoms with Crippen LogP contribution in [0.4, 0.5) is 0 Å². The highest BCUT2D eigenvalue weighted by Crippen LogP contribution is 2.34. The van der Waals surface area contributed by atoms with Gasteiger partial charge in [-0.2, -0.15) is 0 Å². The number of hydrogen-bond donors (Lipinski definition) is 1. The molecule has 39 heavy (non-hydrogen) atoms. The van der Waals surface area contributed by atoms with Crippen molar-refractivity contribution in [3.63, 3.8) is 0 Å². The average molecular weight is 528 g/mol. The van der Waals surface area contributed by atoms with Gasteiger partial charge in [-0.05, 0) is 64.9 Å². The Morgan fingerprint density at radius 2 is 1.85 bits per heavy atom. The van der Waals surface area contributed by atoms with Crippen molar-refractivity contribution in [2.24, 2.45) is 0 Å². The largest absolute Gasteiger partial charge is 0.496 e. The summed E-state index contributed by atoms with van der Waals surface area (Å²) in [5.74, 6) is 1.69. The van der Waals surface area contributed by atoms with E-state index in [4.69, 9.17) is 4.74 Å². The summed E-state index contributed by atoms with van der Waals surface area (Å²) in [5.41, 5.74) is 3.93. The van der Waals surface area contributed by atoms with Crippen LogP contribution in [0, 0.1) is 0 Å². The number of piperazine rings is 1. The number of pyridine rings is 1. The van der Waals surface area contributed by atoms with Crippen LogP contribution >= 0.6 is 0 Å². The van der Waals surface area contributed by atoms with Crippen LogP contribution in [0.15, 0.2) is 53.3 Å². The summed E-state index contributed by atoms with van der Waals surface area (Å²) < 4.78 is 7.58. The molecule has 1 atom stereocenters. The second-order valence-electron chi connectivity index (χ2n) is 10.8. The number of fused-ring (bicyclic) bond motifs is 1. The predicted molar refractivity (Wildman–Crippen MR) is 151 cm³/mol. The Balaban J connectivity index is 1.34. The maximum absolute atomic E-state index is 13.6. The van der Waals surface area contributed by atoms with Gasteiger partial charge >= 0.3 is 0 Å². The van der Waals surface area contributed by atoms with E-state index in [9.17, 15) is 4.79 Å². The Kier molecular flexibility index (Phi) is 7.43. The van der Waals surface area contributed by atoms with Gasteiger partial charge in [0, 0.05) is 49.4 Å². The Morgan fingerprint density at radius 1 is 1.05 bits per heavy atom. The Labute approximate surface area is 228 Å². The van der Waals surface area contributed by atoms with Crippen molar-refractivity contribution in [2.45, 2.75) is 57.7 Å². The molecule has 2 aromatic heterocycles. The topological polar surface area (TPSA) is 92.2 Å². The number of aryl methyl sites for hydroxylation is 1. The van der Waals surface area contributed by atoms with E-state index in [2.05, 4.69) is 67.6 Å². The standard InChI is InChI=1S/C30H37N7O2/c1-3-21-12-13-26-23(18-21)19-25(30(38)31-26)28(29-32-33-34-37(29)24-9-5-6-10-24)36-16-14-35(15-17-36)20-22-8-4-7-11-27(22)39-2/h4,7-8,11-13,18-19,24,28H,3,5-6,9-10,14-17,20H2,1-2H3,(H,31,38)/t28-/m0/s1. The van der Waals surface area contributed by atoms with Crippen molar-refractivity contribution in [3.05, 3.63) is 81.4 Å². The van der Waals surface area contributed by atoms with E-state index in [-0.39, 0.29) is 17.6 Å². The van der Waals surface area contributed by atoms with Gasteiger partial charge in [-0.3, -0.25) is 14.6 Å². The lowest BCUT2D eigenvalue weighted by Crippen LogP contribution is -2.48. The first-order valence-electron chi connectivity index (χ1n) is 14.2. The lowest BCUT2D eigenvalue weighted by molar-refractivity contribution is 0.0983. The number of tetrazole rings is 1. The van der Waals surface area contributed by atoms with Crippen molar-refractivity contribution in [1.29, 1.82) is 0 Å². The molecule has 0 spiro atoms. The molecule has 1 saturated heterocycles.